The third-order valence-electron chi connectivity index (χ3n) is 2.70. The first-order valence-electron chi connectivity index (χ1n) is 5.48. The van der Waals surface area contributed by atoms with E-state index in [1.54, 1.807) is 0 Å². The van der Waals surface area contributed by atoms with Crippen molar-refractivity contribution in [2.75, 3.05) is 7.11 Å². The van der Waals surface area contributed by atoms with Gasteiger partial charge in [-0.05, 0) is 35.9 Å². The smallest absolute Gasteiger partial charge is 0.133 e. The summed E-state index contributed by atoms with van der Waals surface area (Å²) in [5.41, 5.74) is 0.219. The number of rotatable bonds is 3. The van der Waals surface area contributed by atoms with Crippen LogP contribution in [0.1, 0.15) is 17.2 Å². The molecule has 2 aromatic rings. The zero-order chi connectivity index (χ0) is 14.0. The quantitative estimate of drug-likeness (QED) is 0.931. The van der Waals surface area contributed by atoms with E-state index in [-0.39, 0.29) is 16.1 Å². The first-order valence-corrected chi connectivity index (χ1v) is 5.86. The van der Waals surface area contributed by atoms with Gasteiger partial charge in [0.2, 0.25) is 0 Å². The second-order valence-electron chi connectivity index (χ2n) is 3.99. The van der Waals surface area contributed by atoms with Gasteiger partial charge in [0.05, 0.1) is 7.11 Å². The molecule has 0 aromatic heterocycles. The predicted molar refractivity (Wildman–Crippen MR) is 68.4 cm³/mol. The van der Waals surface area contributed by atoms with Crippen LogP contribution in [0.15, 0.2) is 36.4 Å². The van der Waals surface area contributed by atoms with E-state index >= 15 is 0 Å². The van der Waals surface area contributed by atoms with E-state index in [1.807, 2.05) is 0 Å². The average Bonchev–Trinajstić information content (AvgIpc) is 2.36. The molecule has 0 saturated heterocycles. The molecule has 0 amide bonds. The largest absolute Gasteiger partial charge is 0.497 e. The standard InChI is InChI=1S/C14H11ClF2O2/c1-19-11-2-3-12(13(17)7-11)14(18)8-4-9(15)6-10(16)5-8/h2-7,14,18H,1H3. The molecule has 0 bridgehead atoms. The summed E-state index contributed by atoms with van der Waals surface area (Å²) in [5, 5.41) is 10.2. The van der Waals surface area contributed by atoms with E-state index in [1.165, 1.54) is 25.3 Å². The Balaban J connectivity index is 2.40. The average molecular weight is 285 g/mol. The highest BCUT2D eigenvalue weighted by molar-refractivity contribution is 6.30. The summed E-state index contributed by atoms with van der Waals surface area (Å²) >= 11 is 5.70. The Hall–Kier alpha value is -1.65. The topological polar surface area (TPSA) is 29.5 Å². The fraction of sp³-hybridized carbons (Fsp3) is 0.143. The highest BCUT2D eigenvalue weighted by Gasteiger charge is 2.17. The molecule has 100 valence electrons. The van der Waals surface area contributed by atoms with Crippen LogP contribution < -0.4 is 4.74 Å². The zero-order valence-corrected chi connectivity index (χ0v) is 10.8. The Labute approximate surface area is 114 Å². The minimum Gasteiger partial charge on any atom is -0.497 e. The number of aliphatic hydroxyl groups is 1. The molecule has 0 radical (unpaired) electrons. The molecule has 2 nitrogen and oxygen atoms in total. The van der Waals surface area contributed by atoms with Gasteiger partial charge in [0.15, 0.2) is 0 Å². The Morgan fingerprint density at radius 2 is 1.89 bits per heavy atom. The number of halogens is 3. The Kier molecular flexibility index (Phi) is 4.02. The molecule has 1 atom stereocenters. The van der Waals surface area contributed by atoms with Crippen molar-refractivity contribution in [3.05, 3.63) is 64.2 Å². The maximum atomic E-state index is 13.8. The molecule has 5 heteroatoms. The number of benzene rings is 2. The van der Waals surface area contributed by atoms with Crippen LogP contribution in [0, 0.1) is 11.6 Å². The summed E-state index contributed by atoms with van der Waals surface area (Å²) in [6.07, 6.45) is -1.29. The third kappa shape index (κ3) is 3.03. The predicted octanol–water partition coefficient (Wildman–Crippen LogP) is 3.71. The number of hydrogen-bond acceptors (Lipinski definition) is 2. The van der Waals surface area contributed by atoms with Gasteiger partial charge in [-0.25, -0.2) is 8.78 Å². The number of ether oxygens (including phenoxy) is 1. The fourth-order valence-electron chi connectivity index (χ4n) is 1.77. The highest BCUT2D eigenvalue weighted by Crippen LogP contribution is 2.28. The van der Waals surface area contributed by atoms with Gasteiger partial charge in [-0.1, -0.05) is 11.6 Å². The van der Waals surface area contributed by atoms with Crippen molar-refractivity contribution < 1.29 is 18.6 Å². The highest BCUT2D eigenvalue weighted by atomic mass is 35.5. The van der Waals surface area contributed by atoms with Crippen molar-refractivity contribution in [2.45, 2.75) is 6.10 Å². The monoisotopic (exact) mass is 284 g/mol. The SMILES string of the molecule is COc1ccc(C(O)c2cc(F)cc(Cl)c2)c(F)c1. The lowest BCUT2D eigenvalue weighted by Gasteiger charge is -2.13. The second-order valence-corrected chi connectivity index (χ2v) is 4.43. The van der Waals surface area contributed by atoms with Gasteiger partial charge in [-0.15, -0.1) is 0 Å². The first kappa shape index (κ1) is 13.8. The van der Waals surface area contributed by atoms with Crippen LogP contribution in [-0.2, 0) is 0 Å². The molecule has 1 unspecified atom stereocenters. The van der Waals surface area contributed by atoms with Gasteiger partial charge in [-0.2, -0.15) is 0 Å². The molecule has 0 spiro atoms. The molecule has 2 rings (SSSR count). The van der Waals surface area contributed by atoms with Gasteiger partial charge in [0, 0.05) is 16.7 Å². The molecular weight excluding hydrogens is 274 g/mol. The van der Waals surface area contributed by atoms with E-state index in [9.17, 15) is 13.9 Å². The molecule has 1 N–H and O–H groups in total. The van der Waals surface area contributed by atoms with Gasteiger partial charge in [-0.3, -0.25) is 0 Å². The van der Waals surface area contributed by atoms with Crippen LogP contribution >= 0.6 is 11.6 Å². The molecule has 0 heterocycles. The lowest BCUT2D eigenvalue weighted by atomic mass is 10.0. The fourth-order valence-corrected chi connectivity index (χ4v) is 2.00. The summed E-state index contributed by atoms with van der Waals surface area (Å²) in [4.78, 5) is 0. The Morgan fingerprint density at radius 1 is 1.16 bits per heavy atom. The molecule has 2 aromatic carbocycles. The molecule has 0 saturated carbocycles. The van der Waals surface area contributed by atoms with Gasteiger partial charge < -0.3 is 9.84 Å². The Bertz CT molecular complexity index is 582. The summed E-state index contributed by atoms with van der Waals surface area (Å²) in [7, 11) is 1.41. The maximum Gasteiger partial charge on any atom is 0.133 e. The van der Waals surface area contributed by atoms with Gasteiger partial charge in [0.25, 0.3) is 0 Å². The number of aliphatic hydroxyl groups excluding tert-OH is 1. The summed E-state index contributed by atoms with van der Waals surface area (Å²) < 4.78 is 31.9. The van der Waals surface area contributed by atoms with Crippen molar-refractivity contribution in [1.82, 2.24) is 0 Å². The minimum absolute atomic E-state index is 0.0301. The van der Waals surface area contributed by atoms with E-state index in [0.717, 1.165) is 18.2 Å². The zero-order valence-electron chi connectivity index (χ0n) is 10.0. The molecule has 0 fully saturated rings. The van der Waals surface area contributed by atoms with Crippen LogP contribution in [0.3, 0.4) is 0 Å². The van der Waals surface area contributed by atoms with Crippen molar-refractivity contribution in [2.24, 2.45) is 0 Å². The molecular formula is C14H11ClF2O2. The Morgan fingerprint density at radius 3 is 2.47 bits per heavy atom. The van der Waals surface area contributed by atoms with Crippen LogP contribution in [0.4, 0.5) is 8.78 Å². The minimum atomic E-state index is -1.29. The van der Waals surface area contributed by atoms with Crippen LogP contribution in [0.25, 0.3) is 0 Å². The van der Waals surface area contributed by atoms with Crippen LogP contribution in [-0.4, -0.2) is 12.2 Å². The number of methoxy groups -OCH3 is 1. The molecule has 0 aliphatic carbocycles. The van der Waals surface area contributed by atoms with Crippen molar-refractivity contribution in [1.29, 1.82) is 0 Å². The summed E-state index contributed by atoms with van der Waals surface area (Å²) in [6.45, 7) is 0. The lowest BCUT2D eigenvalue weighted by Crippen LogP contribution is -2.03. The lowest BCUT2D eigenvalue weighted by molar-refractivity contribution is 0.214. The van der Waals surface area contributed by atoms with Gasteiger partial charge >= 0.3 is 0 Å². The van der Waals surface area contributed by atoms with E-state index < -0.39 is 17.7 Å². The maximum absolute atomic E-state index is 13.8. The van der Waals surface area contributed by atoms with E-state index in [0.29, 0.717) is 5.75 Å². The van der Waals surface area contributed by atoms with Crippen molar-refractivity contribution in [3.8, 4) is 5.75 Å². The van der Waals surface area contributed by atoms with Crippen LogP contribution in [0.2, 0.25) is 5.02 Å². The summed E-state index contributed by atoms with van der Waals surface area (Å²) in [6, 6.07) is 7.67. The first-order chi connectivity index (χ1) is 9.01. The van der Waals surface area contributed by atoms with Crippen molar-refractivity contribution in [3.63, 3.8) is 0 Å². The van der Waals surface area contributed by atoms with E-state index in [4.69, 9.17) is 16.3 Å². The van der Waals surface area contributed by atoms with Crippen LogP contribution in [0.5, 0.6) is 5.75 Å². The van der Waals surface area contributed by atoms with Crippen molar-refractivity contribution >= 4 is 11.6 Å². The third-order valence-corrected chi connectivity index (χ3v) is 2.92. The normalized spacial score (nSPS) is 12.3. The molecule has 0 aliphatic heterocycles. The molecule has 0 aliphatic rings. The van der Waals surface area contributed by atoms with Gasteiger partial charge in [0.1, 0.15) is 23.5 Å². The van der Waals surface area contributed by atoms with E-state index in [2.05, 4.69) is 0 Å². The second kappa shape index (κ2) is 5.55. The summed E-state index contributed by atoms with van der Waals surface area (Å²) in [5.74, 6) is -0.881. The molecule has 19 heavy (non-hydrogen) atoms. The number of hydrogen-bond donors (Lipinski definition) is 1.